The van der Waals surface area contributed by atoms with Crippen molar-refractivity contribution in [3.05, 3.63) is 61.8 Å². The molecule has 0 aliphatic rings. The van der Waals surface area contributed by atoms with E-state index >= 15 is 0 Å². The van der Waals surface area contributed by atoms with Crippen molar-refractivity contribution in [1.82, 2.24) is 10.3 Å². The Labute approximate surface area is 141 Å². The molecule has 5 heteroatoms. The second-order valence-corrected chi connectivity index (χ2v) is 6.62. The summed E-state index contributed by atoms with van der Waals surface area (Å²) in [6, 6.07) is 8.28. The van der Waals surface area contributed by atoms with Crippen molar-refractivity contribution in [2.24, 2.45) is 0 Å². The van der Waals surface area contributed by atoms with Gasteiger partial charge in [-0.25, -0.2) is 0 Å². The third-order valence-corrected chi connectivity index (χ3v) is 4.75. The standard InChI is InChI=1S/C15H15Br2ClN2/c1-2-20-14(7-10-6-11(16)9-19-8-10)12-4-3-5-13(17)15(12)18/h3-6,8-9,14,20H,2,7H2,1H3. The topological polar surface area (TPSA) is 24.9 Å². The van der Waals surface area contributed by atoms with Crippen molar-refractivity contribution < 1.29 is 0 Å². The summed E-state index contributed by atoms with van der Waals surface area (Å²) in [6.45, 7) is 2.98. The zero-order valence-electron chi connectivity index (χ0n) is 11.0. The van der Waals surface area contributed by atoms with Crippen LogP contribution < -0.4 is 5.32 Å². The zero-order chi connectivity index (χ0) is 14.5. The van der Waals surface area contributed by atoms with Crippen molar-refractivity contribution >= 4 is 43.5 Å². The third kappa shape index (κ3) is 4.04. The molecule has 2 rings (SSSR count). The maximum atomic E-state index is 6.41. The lowest BCUT2D eigenvalue weighted by atomic mass is 10.00. The molecular weight excluding hydrogens is 403 g/mol. The van der Waals surface area contributed by atoms with Gasteiger partial charge in [-0.3, -0.25) is 4.98 Å². The highest BCUT2D eigenvalue weighted by atomic mass is 79.9. The Morgan fingerprint density at radius 2 is 2.10 bits per heavy atom. The Morgan fingerprint density at radius 3 is 2.80 bits per heavy atom. The lowest BCUT2D eigenvalue weighted by Gasteiger charge is -2.20. The Bertz CT molecular complexity index is 590. The van der Waals surface area contributed by atoms with Gasteiger partial charge in [-0.1, -0.05) is 30.7 Å². The Morgan fingerprint density at radius 1 is 1.30 bits per heavy atom. The number of nitrogens with zero attached hydrogens (tertiary/aromatic N) is 1. The number of nitrogens with one attached hydrogen (secondary N) is 1. The molecule has 0 radical (unpaired) electrons. The smallest absolute Gasteiger partial charge is 0.0595 e. The maximum absolute atomic E-state index is 6.41. The SMILES string of the molecule is CCNC(Cc1cncc(Br)c1)c1cccc(Br)c1Cl. The van der Waals surface area contributed by atoms with Crippen LogP contribution in [0.15, 0.2) is 45.6 Å². The molecule has 0 saturated heterocycles. The highest BCUT2D eigenvalue weighted by Crippen LogP contribution is 2.31. The summed E-state index contributed by atoms with van der Waals surface area (Å²) in [5, 5.41) is 4.25. The lowest BCUT2D eigenvalue weighted by molar-refractivity contribution is 0.549. The van der Waals surface area contributed by atoms with Crippen LogP contribution >= 0.6 is 43.5 Å². The molecule has 0 aliphatic heterocycles. The molecule has 20 heavy (non-hydrogen) atoms. The number of hydrogen-bond acceptors (Lipinski definition) is 2. The van der Waals surface area contributed by atoms with Crippen LogP contribution in [0.5, 0.6) is 0 Å². The maximum Gasteiger partial charge on any atom is 0.0595 e. The van der Waals surface area contributed by atoms with Crippen molar-refractivity contribution in [3.8, 4) is 0 Å². The minimum atomic E-state index is 0.168. The predicted molar refractivity (Wildman–Crippen MR) is 91.2 cm³/mol. The zero-order valence-corrected chi connectivity index (χ0v) is 15.0. The van der Waals surface area contributed by atoms with Crippen molar-refractivity contribution in [1.29, 1.82) is 0 Å². The van der Waals surface area contributed by atoms with Gasteiger partial charge in [-0.15, -0.1) is 0 Å². The third-order valence-electron chi connectivity index (χ3n) is 3.01. The Kier molecular flexibility index (Phi) is 6.02. The van der Waals surface area contributed by atoms with Crippen LogP contribution in [0.2, 0.25) is 5.02 Å². The van der Waals surface area contributed by atoms with E-state index in [4.69, 9.17) is 11.6 Å². The van der Waals surface area contributed by atoms with Gasteiger partial charge in [0.25, 0.3) is 0 Å². The molecule has 2 nitrogen and oxygen atoms in total. The van der Waals surface area contributed by atoms with Crippen molar-refractivity contribution in [3.63, 3.8) is 0 Å². The molecule has 1 heterocycles. The molecule has 1 aromatic carbocycles. The molecule has 1 unspecified atom stereocenters. The quantitative estimate of drug-likeness (QED) is 0.726. The van der Waals surface area contributed by atoms with Gasteiger partial charge in [0, 0.05) is 27.4 Å². The minimum Gasteiger partial charge on any atom is -0.310 e. The second kappa shape index (κ2) is 7.55. The van der Waals surface area contributed by atoms with Gasteiger partial charge < -0.3 is 5.32 Å². The Balaban J connectivity index is 2.29. The summed E-state index contributed by atoms with van der Waals surface area (Å²) in [7, 11) is 0. The summed E-state index contributed by atoms with van der Waals surface area (Å²) in [5.74, 6) is 0. The van der Waals surface area contributed by atoms with Crippen LogP contribution in [0.1, 0.15) is 24.1 Å². The van der Waals surface area contributed by atoms with E-state index < -0.39 is 0 Å². The van der Waals surface area contributed by atoms with Gasteiger partial charge in [0.2, 0.25) is 0 Å². The van der Waals surface area contributed by atoms with Gasteiger partial charge in [-0.2, -0.15) is 0 Å². The van der Waals surface area contributed by atoms with Gasteiger partial charge in [-0.05, 0) is 68.1 Å². The summed E-state index contributed by atoms with van der Waals surface area (Å²) in [6.07, 6.45) is 4.52. The van der Waals surface area contributed by atoms with Gasteiger partial charge in [0.05, 0.1) is 5.02 Å². The van der Waals surface area contributed by atoms with E-state index in [1.807, 2.05) is 18.3 Å². The number of benzene rings is 1. The lowest BCUT2D eigenvalue weighted by Crippen LogP contribution is -2.23. The van der Waals surface area contributed by atoms with Gasteiger partial charge in [0.15, 0.2) is 0 Å². The monoisotopic (exact) mass is 416 g/mol. The highest BCUT2D eigenvalue weighted by molar-refractivity contribution is 9.10. The van der Waals surface area contributed by atoms with E-state index in [2.05, 4.69) is 61.2 Å². The van der Waals surface area contributed by atoms with Crippen LogP contribution in [0, 0.1) is 0 Å². The molecule has 106 valence electrons. The fourth-order valence-corrected chi connectivity index (χ4v) is 3.18. The number of halogens is 3. The van der Waals surface area contributed by atoms with E-state index in [0.29, 0.717) is 0 Å². The highest BCUT2D eigenvalue weighted by Gasteiger charge is 2.16. The fourth-order valence-electron chi connectivity index (χ4n) is 2.13. The normalized spacial score (nSPS) is 12.4. The van der Waals surface area contributed by atoms with Crippen LogP contribution in [0.25, 0.3) is 0 Å². The summed E-state index contributed by atoms with van der Waals surface area (Å²) in [5.41, 5.74) is 2.27. The number of pyridine rings is 1. The number of hydrogen-bond donors (Lipinski definition) is 1. The van der Waals surface area contributed by atoms with E-state index in [1.54, 1.807) is 6.20 Å². The first kappa shape index (κ1) is 16.0. The summed E-state index contributed by atoms with van der Waals surface area (Å²) in [4.78, 5) is 4.21. The molecule has 0 spiro atoms. The number of likely N-dealkylation sites (N-methyl/N-ethyl adjacent to an activating group) is 1. The van der Waals surface area contributed by atoms with Crippen LogP contribution in [0.3, 0.4) is 0 Å². The molecule has 0 fully saturated rings. The van der Waals surface area contributed by atoms with Gasteiger partial charge >= 0.3 is 0 Å². The van der Waals surface area contributed by atoms with Crippen LogP contribution in [-0.2, 0) is 6.42 Å². The first-order valence-electron chi connectivity index (χ1n) is 6.38. The fraction of sp³-hybridized carbons (Fsp3) is 0.267. The summed E-state index contributed by atoms with van der Waals surface area (Å²) < 4.78 is 1.91. The minimum absolute atomic E-state index is 0.168. The first-order chi connectivity index (χ1) is 9.61. The Hall–Kier alpha value is -0.420. The average Bonchev–Trinajstić information content (AvgIpc) is 2.42. The molecule has 1 N–H and O–H groups in total. The average molecular weight is 419 g/mol. The van der Waals surface area contributed by atoms with E-state index in [-0.39, 0.29) is 6.04 Å². The van der Waals surface area contributed by atoms with E-state index in [9.17, 15) is 0 Å². The van der Waals surface area contributed by atoms with Crippen LogP contribution in [-0.4, -0.2) is 11.5 Å². The number of aromatic nitrogens is 1. The van der Waals surface area contributed by atoms with Crippen molar-refractivity contribution in [2.45, 2.75) is 19.4 Å². The van der Waals surface area contributed by atoms with E-state index in [0.717, 1.165) is 32.5 Å². The molecular formula is C15H15Br2ClN2. The number of rotatable bonds is 5. The largest absolute Gasteiger partial charge is 0.310 e. The molecule has 0 amide bonds. The molecule has 0 aliphatic carbocycles. The van der Waals surface area contributed by atoms with Crippen LogP contribution in [0.4, 0.5) is 0 Å². The molecule has 2 aromatic rings. The molecule has 1 atom stereocenters. The first-order valence-corrected chi connectivity index (χ1v) is 8.35. The van der Waals surface area contributed by atoms with E-state index in [1.165, 1.54) is 5.56 Å². The second-order valence-electron chi connectivity index (χ2n) is 4.47. The van der Waals surface area contributed by atoms with Gasteiger partial charge in [0.1, 0.15) is 0 Å². The predicted octanol–water partition coefficient (Wildman–Crippen LogP) is 5.15. The summed E-state index contributed by atoms with van der Waals surface area (Å²) >= 11 is 13.3. The molecule has 0 bridgehead atoms. The molecule has 1 aromatic heterocycles. The van der Waals surface area contributed by atoms with Crippen molar-refractivity contribution in [2.75, 3.05) is 6.54 Å². The molecule has 0 saturated carbocycles.